The molecule has 15 heteroatoms. The number of anilines is 2. The van der Waals surface area contributed by atoms with Crippen LogP contribution in [0.3, 0.4) is 0 Å². The number of aromatic nitrogens is 1. The number of fused-ring (bicyclic) bond motifs is 2. The van der Waals surface area contributed by atoms with Crippen LogP contribution in [-0.4, -0.2) is 47.1 Å². The van der Waals surface area contributed by atoms with Gasteiger partial charge in [-0.25, -0.2) is 9.69 Å². The average Bonchev–Trinajstić information content (AvgIpc) is 3.53. The second-order valence-electron chi connectivity index (χ2n) is 10.5. The zero-order valence-electron chi connectivity index (χ0n) is 24.3. The van der Waals surface area contributed by atoms with Crippen LogP contribution in [-0.2, 0) is 25.3 Å². The molecule has 2 N–H and O–H groups in total. The zero-order valence-corrected chi connectivity index (χ0v) is 26.0. The summed E-state index contributed by atoms with van der Waals surface area (Å²) in [6, 6.07) is 16.9. The number of hydrogen-bond donors (Lipinski definition) is 2. The number of carbonyl (C=O) groups excluding carboxylic acids is 4. The standard InChI is InChI=1S/C32H24F3N3O7S2/c1-2-44-30(42)16-10-12-18(13-11-16)36-22(39)15-45-19-7-5-6-17(14-19)23-24-26(46-27-25(23)47-31(43)37-27)29(41)38(28(24)40)21-9-4-3-8-20(21)32(33,34)35/h3-14,23-24,26H,2,15H2,1H3,(H,36,39)(H,37,43)/t23-,24?,26?/m1/s1. The van der Waals surface area contributed by atoms with Crippen LogP contribution in [0.4, 0.5) is 24.5 Å². The molecule has 6 rings (SSSR count). The van der Waals surface area contributed by atoms with E-state index in [0.29, 0.717) is 31.6 Å². The number of halogens is 3. The summed E-state index contributed by atoms with van der Waals surface area (Å²) >= 11 is 1.80. The lowest BCUT2D eigenvalue weighted by Gasteiger charge is -2.30. The van der Waals surface area contributed by atoms with Crippen molar-refractivity contribution in [3.63, 3.8) is 0 Å². The number of thiazole rings is 1. The monoisotopic (exact) mass is 683 g/mol. The maximum Gasteiger partial charge on any atom is 0.418 e. The first-order valence-corrected chi connectivity index (χ1v) is 15.9. The molecule has 1 fully saturated rings. The van der Waals surface area contributed by atoms with Crippen molar-refractivity contribution in [3.05, 3.63) is 104 Å². The van der Waals surface area contributed by atoms with E-state index in [-0.39, 0.29) is 12.4 Å². The number of amides is 3. The van der Waals surface area contributed by atoms with E-state index in [9.17, 15) is 37.1 Å². The Morgan fingerprint density at radius 3 is 2.45 bits per heavy atom. The maximum absolute atomic E-state index is 13.9. The van der Waals surface area contributed by atoms with Crippen molar-refractivity contribution in [2.75, 3.05) is 23.4 Å². The first-order chi connectivity index (χ1) is 22.5. The fraction of sp³-hybridized carbons (Fsp3) is 0.219. The van der Waals surface area contributed by atoms with Crippen LogP contribution in [0.5, 0.6) is 5.75 Å². The quantitative estimate of drug-likeness (QED) is 0.185. The van der Waals surface area contributed by atoms with Gasteiger partial charge in [0.05, 0.1) is 34.4 Å². The molecule has 2 aliphatic heterocycles. The van der Waals surface area contributed by atoms with Crippen LogP contribution in [0.2, 0.25) is 0 Å². The number of imide groups is 1. The first-order valence-electron chi connectivity index (χ1n) is 14.2. The summed E-state index contributed by atoms with van der Waals surface area (Å²) in [6.07, 6.45) is -4.81. The van der Waals surface area contributed by atoms with Gasteiger partial charge in [0.2, 0.25) is 11.8 Å². The van der Waals surface area contributed by atoms with Gasteiger partial charge < -0.3 is 19.8 Å². The Labute approximate surface area is 272 Å². The third-order valence-electron chi connectivity index (χ3n) is 7.54. The molecule has 47 heavy (non-hydrogen) atoms. The molecule has 10 nitrogen and oxygen atoms in total. The number of H-pyrrole nitrogens is 1. The number of hydrogen-bond acceptors (Lipinski definition) is 9. The number of ether oxygens (including phenoxy) is 2. The minimum absolute atomic E-state index is 0.229. The predicted molar refractivity (Wildman–Crippen MR) is 167 cm³/mol. The number of rotatable bonds is 8. The van der Waals surface area contributed by atoms with Crippen LogP contribution in [0, 0.1) is 5.92 Å². The first kappa shape index (κ1) is 32.1. The molecular formula is C32H24F3N3O7S2. The summed E-state index contributed by atoms with van der Waals surface area (Å²) in [5, 5.41) is 1.92. The van der Waals surface area contributed by atoms with E-state index in [1.165, 1.54) is 24.3 Å². The molecule has 2 aliphatic rings. The number of esters is 1. The fourth-order valence-electron chi connectivity index (χ4n) is 5.57. The smallest absolute Gasteiger partial charge is 0.418 e. The van der Waals surface area contributed by atoms with Crippen molar-refractivity contribution in [3.8, 4) is 5.75 Å². The molecule has 0 radical (unpaired) electrons. The Morgan fingerprint density at radius 2 is 1.72 bits per heavy atom. The van der Waals surface area contributed by atoms with E-state index in [0.717, 1.165) is 35.2 Å². The normalized spacial score (nSPS) is 18.8. The van der Waals surface area contributed by atoms with Gasteiger partial charge in [0.15, 0.2) is 6.61 Å². The van der Waals surface area contributed by atoms with Crippen molar-refractivity contribution in [1.29, 1.82) is 0 Å². The van der Waals surface area contributed by atoms with E-state index < -0.39 is 69.7 Å². The van der Waals surface area contributed by atoms with Gasteiger partial charge in [0, 0.05) is 16.5 Å². The number of thioether (sulfide) groups is 1. The molecular weight excluding hydrogens is 659 g/mol. The predicted octanol–water partition coefficient (Wildman–Crippen LogP) is 5.45. The number of nitrogens with one attached hydrogen (secondary N) is 2. The highest BCUT2D eigenvalue weighted by Crippen LogP contribution is 2.54. The third kappa shape index (κ3) is 6.27. The van der Waals surface area contributed by atoms with Crippen LogP contribution in [0.1, 0.15) is 39.2 Å². The average molecular weight is 684 g/mol. The highest BCUT2D eigenvalue weighted by Gasteiger charge is 2.57. The second kappa shape index (κ2) is 12.7. The third-order valence-corrected chi connectivity index (χ3v) is 9.94. The van der Waals surface area contributed by atoms with Gasteiger partial charge in [-0.3, -0.25) is 19.2 Å². The van der Waals surface area contributed by atoms with Crippen molar-refractivity contribution in [2.24, 2.45) is 5.92 Å². The van der Waals surface area contributed by atoms with Gasteiger partial charge in [-0.2, -0.15) is 13.2 Å². The molecule has 1 saturated heterocycles. The van der Waals surface area contributed by atoms with Gasteiger partial charge in [0.25, 0.3) is 5.91 Å². The molecule has 0 spiro atoms. The Morgan fingerprint density at radius 1 is 0.979 bits per heavy atom. The number of carbonyl (C=O) groups is 4. The lowest BCUT2D eigenvalue weighted by atomic mass is 9.83. The van der Waals surface area contributed by atoms with Gasteiger partial charge in [0.1, 0.15) is 11.0 Å². The number of aromatic amines is 1. The molecule has 1 aromatic heterocycles. The highest BCUT2D eigenvalue weighted by atomic mass is 32.2. The Bertz CT molecular complexity index is 1940. The number of alkyl halides is 3. The molecule has 0 bridgehead atoms. The molecule has 0 aliphatic carbocycles. The van der Waals surface area contributed by atoms with Crippen molar-refractivity contribution >= 4 is 58.2 Å². The summed E-state index contributed by atoms with van der Waals surface area (Å²) in [6.45, 7) is 1.52. The van der Waals surface area contributed by atoms with Crippen molar-refractivity contribution in [1.82, 2.24) is 4.98 Å². The molecule has 3 aromatic carbocycles. The van der Waals surface area contributed by atoms with E-state index in [2.05, 4.69) is 10.3 Å². The highest BCUT2D eigenvalue weighted by molar-refractivity contribution is 8.00. The topological polar surface area (TPSA) is 135 Å². The molecule has 3 amide bonds. The van der Waals surface area contributed by atoms with Crippen LogP contribution < -0.4 is 19.8 Å². The zero-order chi connectivity index (χ0) is 33.5. The lowest BCUT2D eigenvalue weighted by Crippen LogP contribution is -2.33. The molecule has 2 unspecified atom stereocenters. The number of benzene rings is 3. The van der Waals surface area contributed by atoms with E-state index >= 15 is 0 Å². The minimum Gasteiger partial charge on any atom is -0.484 e. The molecule has 3 atom stereocenters. The van der Waals surface area contributed by atoms with Crippen LogP contribution in [0.25, 0.3) is 0 Å². The van der Waals surface area contributed by atoms with Crippen LogP contribution >= 0.6 is 23.1 Å². The Balaban J connectivity index is 1.24. The van der Waals surface area contributed by atoms with Gasteiger partial charge in [-0.1, -0.05) is 47.4 Å². The maximum atomic E-state index is 13.9. The van der Waals surface area contributed by atoms with Crippen molar-refractivity contribution < 1.29 is 41.8 Å². The summed E-state index contributed by atoms with van der Waals surface area (Å²) < 4.78 is 52.3. The van der Waals surface area contributed by atoms with Gasteiger partial charge in [-0.15, -0.1) is 0 Å². The summed E-state index contributed by atoms with van der Waals surface area (Å²) in [7, 11) is 0. The Hall–Kier alpha value is -4.89. The SMILES string of the molecule is CCOC(=O)c1ccc(NC(=O)COc2cccc([C@H]3c4sc(=O)[nH]c4SC4C(=O)N(c5ccccc5C(F)(F)F)C(=O)C43)c2)cc1. The van der Waals surface area contributed by atoms with E-state index in [1.54, 1.807) is 43.3 Å². The summed E-state index contributed by atoms with van der Waals surface area (Å²) in [5.74, 6) is -4.37. The van der Waals surface area contributed by atoms with Crippen molar-refractivity contribution in [2.45, 2.75) is 29.3 Å². The lowest BCUT2D eigenvalue weighted by molar-refractivity contribution is -0.137. The van der Waals surface area contributed by atoms with Gasteiger partial charge >= 0.3 is 17.0 Å². The van der Waals surface area contributed by atoms with Gasteiger partial charge in [-0.05, 0) is 61.0 Å². The second-order valence-corrected chi connectivity index (χ2v) is 12.7. The summed E-state index contributed by atoms with van der Waals surface area (Å²) in [4.78, 5) is 67.7. The number of nitrogens with zero attached hydrogens (tertiary/aromatic N) is 1. The largest absolute Gasteiger partial charge is 0.484 e. The summed E-state index contributed by atoms with van der Waals surface area (Å²) in [5.41, 5.74) is -0.460. The molecule has 4 aromatic rings. The minimum atomic E-state index is -4.81. The van der Waals surface area contributed by atoms with Crippen LogP contribution in [0.15, 0.2) is 82.6 Å². The number of para-hydroxylation sites is 1. The van der Waals surface area contributed by atoms with E-state index in [4.69, 9.17) is 9.47 Å². The fourth-order valence-corrected chi connectivity index (χ4v) is 8.08. The molecule has 3 heterocycles. The molecule has 0 saturated carbocycles. The van der Waals surface area contributed by atoms with E-state index in [1.807, 2.05) is 0 Å². The molecule has 242 valence electrons. The Kier molecular flexibility index (Phi) is 8.68.